The fourth-order valence-corrected chi connectivity index (χ4v) is 4.16. The number of carbonyl (C=O) groups is 2. The molecule has 10 heteroatoms. The van der Waals surface area contributed by atoms with Gasteiger partial charge in [0.05, 0.1) is 6.61 Å². The number of hydrogen-bond acceptors (Lipinski definition) is 4. The van der Waals surface area contributed by atoms with Crippen molar-refractivity contribution in [2.45, 2.75) is 12.6 Å². The van der Waals surface area contributed by atoms with Gasteiger partial charge in [0.15, 0.2) is 0 Å². The maximum Gasteiger partial charge on any atom is 0.490 e. The minimum atomic E-state index is -5.08. The molecule has 0 saturated carbocycles. The predicted molar refractivity (Wildman–Crippen MR) is 101 cm³/mol. The highest BCUT2D eigenvalue weighted by molar-refractivity contribution is 6.30. The molecule has 0 radical (unpaired) electrons. The number of benzene rings is 1. The van der Waals surface area contributed by atoms with Crippen LogP contribution in [0.4, 0.5) is 13.2 Å². The molecule has 1 N–H and O–H groups in total. The number of ether oxygens (including phenoxy) is 1. The largest absolute Gasteiger partial charge is 0.490 e. The Morgan fingerprint density at radius 2 is 1.86 bits per heavy atom. The summed E-state index contributed by atoms with van der Waals surface area (Å²) in [7, 11) is 3.92. The molecule has 1 amide bonds. The zero-order valence-electron chi connectivity index (χ0n) is 16.2. The Hall–Kier alpha value is -1.84. The van der Waals surface area contributed by atoms with Gasteiger partial charge >= 0.3 is 12.1 Å². The number of carbonyl (C=O) groups excluding carboxylic acids is 1. The normalized spacial score (nSPS) is 24.5. The molecule has 2 fully saturated rings. The third-order valence-corrected chi connectivity index (χ3v) is 5.61. The number of rotatable bonds is 3. The summed E-state index contributed by atoms with van der Waals surface area (Å²) in [6.07, 6.45) is -4.02. The van der Waals surface area contributed by atoms with Crippen LogP contribution in [0, 0.1) is 11.3 Å². The lowest BCUT2D eigenvalue weighted by Crippen LogP contribution is -2.38. The zero-order chi connectivity index (χ0) is 21.8. The zero-order valence-corrected chi connectivity index (χ0v) is 17.0. The molecule has 2 aliphatic heterocycles. The van der Waals surface area contributed by atoms with E-state index in [9.17, 15) is 18.0 Å². The summed E-state index contributed by atoms with van der Waals surface area (Å²) in [5, 5.41) is 7.78. The number of amides is 1. The van der Waals surface area contributed by atoms with Gasteiger partial charge in [0.25, 0.3) is 5.91 Å². The quantitative estimate of drug-likeness (QED) is 0.788. The van der Waals surface area contributed by atoms with Crippen LogP contribution in [0.2, 0.25) is 5.02 Å². The van der Waals surface area contributed by atoms with E-state index in [0.29, 0.717) is 10.9 Å². The summed E-state index contributed by atoms with van der Waals surface area (Å²) in [5.41, 5.74) is 0.906. The first-order valence-corrected chi connectivity index (χ1v) is 9.39. The second kappa shape index (κ2) is 9.32. The van der Waals surface area contributed by atoms with Crippen molar-refractivity contribution in [1.82, 2.24) is 9.80 Å². The molecule has 0 aromatic heterocycles. The Morgan fingerprint density at radius 3 is 2.38 bits per heavy atom. The first-order chi connectivity index (χ1) is 13.5. The van der Waals surface area contributed by atoms with Crippen molar-refractivity contribution in [2.75, 3.05) is 46.9 Å². The SMILES string of the molecule is COC[C@@H]1CN(C)C[C@@]12CCN(C(=O)c1ccc(Cl)cc1)C2.O=C(O)C(F)(F)F. The smallest absolute Gasteiger partial charge is 0.475 e. The Balaban J connectivity index is 0.000000370. The number of hydrogen-bond donors (Lipinski definition) is 1. The first-order valence-electron chi connectivity index (χ1n) is 9.01. The Bertz CT molecular complexity index is 729. The van der Waals surface area contributed by atoms with Crippen LogP contribution in [0.1, 0.15) is 16.8 Å². The Labute approximate surface area is 172 Å². The van der Waals surface area contributed by atoms with E-state index in [1.54, 1.807) is 19.2 Å². The van der Waals surface area contributed by atoms with Crippen LogP contribution in [-0.2, 0) is 9.53 Å². The molecule has 2 atom stereocenters. The lowest BCUT2D eigenvalue weighted by molar-refractivity contribution is -0.192. The van der Waals surface area contributed by atoms with Gasteiger partial charge in [-0.2, -0.15) is 13.2 Å². The molecule has 162 valence electrons. The van der Waals surface area contributed by atoms with Crippen LogP contribution in [0.3, 0.4) is 0 Å². The predicted octanol–water partition coefficient (Wildman–Crippen LogP) is 3.01. The average molecular weight is 437 g/mol. The fourth-order valence-electron chi connectivity index (χ4n) is 4.04. The molecular weight excluding hydrogens is 413 g/mol. The van der Waals surface area contributed by atoms with E-state index in [0.717, 1.165) is 44.8 Å². The van der Waals surface area contributed by atoms with Gasteiger partial charge in [-0.3, -0.25) is 4.79 Å². The molecule has 2 saturated heterocycles. The van der Waals surface area contributed by atoms with Gasteiger partial charge in [-0.05, 0) is 37.7 Å². The number of methoxy groups -OCH3 is 1. The summed E-state index contributed by atoms with van der Waals surface area (Å²) < 4.78 is 37.1. The van der Waals surface area contributed by atoms with Crippen molar-refractivity contribution in [1.29, 1.82) is 0 Å². The molecule has 6 nitrogen and oxygen atoms in total. The van der Waals surface area contributed by atoms with Gasteiger partial charge in [-0.15, -0.1) is 0 Å². The van der Waals surface area contributed by atoms with Crippen molar-refractivity contribution in [2.24, 2.45) is 11.3 Å². The van der Waals surface area contributed by atoms with Crippen molar-refractivity contribution >= 4 is 23.5 Å². The summed E-state index contributed by atoms with van der Waals surface area (Å²) in [5.74, 6) is -2.14. The molecule has 0 aliphatic carbocycles. The second-order valence-corrected chi connectivity index (χ2v) is 7.93. The minimum Gasteiger partial charge on any atom is -0.475 e. The number of nitrogens with zero attached hydrogens (tertiary/aromatic N) is 2. The maximum atomic E-state index is 12.7. The van der Waals surface area contributed by atoms with Crippen molar-refractivity contribution in [3.8, 4) is 0 Å². The van der Waals surface area contributed by atoms with Gasteiger partial charge in [0.1, 0.15) is 0 Å². The molecule has 29 heavy (non-hydrogen) atoms. The lowest BCUT2D eigenvalue weighted by Gasteiger charge is -2.30. The number of carboxylic acids is 1. The summed E-state index contributed by atoms with van der Waals surface area (Å²) in [4.78, 5) is 25.9. The maximum absolute atomic E-state index is 12.7. The van der Waals surface area contributed by atoms with E-state index < -0.39 is 12.1 Å². The standard InChI is InChI=1S/C17H23ClN2O2.C2HF3O2/c1-19-9-14(10-22-2)17(11-19)7-8-20(12-17)16(21)13-3-5-15(18)6-4-13;3-2(4,5)1(6)7/h3-6,14H,7-12H2,1-2H3;(H,6,7)/t14-,17+;/m0./s1. The van der Waals surface area contributed by atoms with E-state index in [2.05, 4.69) is 11.9 Å². The fraction of sp³-hybridized carbons (Fsp3) is 0.579. The molecule has 1 aromatic carbocycles. The van der Waals surface area contributed by atoms with Gasteiger partial charge in [0.2, 0.25) is 0 Å². The van der Waals surface area contributed by atoms with Crippen LogP contribution in [-0.4, -0.2) is 79.9 Å². The van der Waals surface area contributed by atoms with Crippen molar-refractivity contribution in [3.05, 3.63) is 34.9 Å². The molecular formula is C19H24ClF3N2O4. The molecule has 3 rings (SSSR count). The third kappa shape index (κ3) is 5.83. The number of alkyl halides is 3. The average Bonchev–Trinajstić information content (AvgIpc) is 3.19. The van der Waals surface area contributed by atoms with E-state index in [1.807, 2.05) is 17.0 Å². The second-order valence-electron chi connectivity index (χ2n) is 7.50. The van der Waals surface area contributed by atoms with Crippen LogP contribution >= 0.6 is 11.6 Å². The Kier molecular flexibility index (Phi) is 7.53. The number of carboxylic acid groups (broad SMARTS) is 1. The van der Waals surface area contributed by atoms with E-state index >= 15 is 0 Å². The molecule has 0 unspecified atom stereocenters. The van der Waals surface area contributed by atoms with E-state index in [4.69, 9.17) is 26.2 Å². The third-order valence-electron chi connectivity index (χ3n) is 5.36. The van der Waals surface area contributed by atoms with Gasteiger partial charge < -0.3 is 19.6 Å². The van der Waals surface area contributed by atoms with Gasteiger partial charge in [0, 0.05) is 55.2 Å². The number of likely N-dealkylation sites (tertiary alicyclic amines) is 2. The summed E-state index contributed by atoms with van der Waals surface area (Å²) in [6, 6.07) is 7.17. The van der Waals surface area contributed by atoms with Gasteiger partial charge in [-0.1, -0.05) is 11.6 Å². The highest BCUT2D eigenvalue weighted by atomic mass is 35.5. The first kappa shape index (κ1) is 23.4. The van der Waals surface area contributed by atoms with Crippen LogP contribution in [0.15, 0.2) is 24.3 Å². The molecule has 2 aliphatic rings. The minimum absolute atomic E-state index is 0.110. The highest BCUT2D eigenvalue weighted by Crippen LogP contribution is 2.43. The van der Waals surface area contributed by atoms with Gasteiger partial charge in [-0.25, -0.2) is 4.79 Å². The van der Waals surface area contributed by atoms with E-state index in [1.165, 1.54) is 0 Å². The number of aliphatic carboxylic acids is 1. The van der Waals surface area contributed by atoms with Crippen LogP contribution in [0.25, 0.3) is 0 Å². The topological polar surface area (TPSA) is 70.1 Å². The molecule has 0 bridgehead atoms. The molecule has 1 aromatic rings. The monoisotopic (exact) mass is 436 g/mol. The van der Waals surface area contributed by atoms with Crippen LogP contribution in [0.5, 0.6) is 0 Å². The van der Waals surface area contributed by atoms with Crippen molar-refractivity contribution < 1.29 is 32.6 Å². The van der Waals surface area contributed by atoms with Crippen LogP contribution < -0.4 is 0 Å². The highest BCUT2D eigenvalue weighted by Gasteiger charge is 2.50. The molecule has 1 spiro atoms. The van der Waals surface area contributed by atoms with Crippen molar-refractivity contribution in [3.63, 3.8) is 0 Å². The number of halogens is 4. The summed E-state index contributed by atoms with van der Waals surface area (Å²) in [6.45, 7) is 4.53. The lowest BCUT2D eigenvalue weighted by atomic mass is 9.77. The Morgan fingerprint density at radius 1 is 1.28 bits per heavy atom. The summed E-state index contributed by atoms with van der Waals surface area (Å²) >= 11 is 5.90. The molecule has 2 heterocycles. The van der Waals surface area contributed by atoms with E-state index in [-0.39, 0.29) is 11.3 Å².